The van der Waals surface area contributed by atoms with Crippen molar-refractivity contribution in [2.75, 3.05) is 4.90 Å². The Kier molecular flexibility index (Phi) is 7.14. The molecule has 0 unspecified atom stereocenters. The van der Waals surface area contributed by atoms with Crippen molar-refractivity contribution in [2.24, 2.45) is 0 Å². The number of rotatable bonds is 5. The number of ether oxygens (including phenoxy) is 1. The highest BCUT2D eigenvalue weighted by Gasteiger charge is 2.36. The average Bonchev–Trinajstić information content (AvgIpc) is 2.79. The van der Waals surface area contributed by atoms with E-state index in [4.69, 9.17) is 51.1 Å². The zero-order valence-electron chi connectivity index (χ0n) is 17.2. The summed E-state index contributed by atoms with van der Waals surface area (Å²) in [6.07, 6.45) is 1.35. The van der Waals surface area contributed by atoms with E-state index in [-0.39, 0.29) is 22.9 Å². The molecular formula is C24H14Cl4N2O4. The van der Waals surface area contributed by atoms with Gasteiger partial charge in [-0.1, -0.05) is 58.5 Å². The van der Waals surface area contributed by atoms with Crippen LogP contribution in [0.15, 0.2) is 66.2 Å². The molecule has 3 aromatic rings. The number of barbiturate groups is 1. The summed E-state index contributed by atoms with van der Waals surface area (Å²) in [5.74, 6) is -1.18. The molecule has 0 aromatic heterocycles. The molecule has 10 heteroatoms. The minimum absolute atomic E-state index is 0.204. The fraction of sp³-hybridized carbons (Fsp3) is 0.0417. The first-order valence-corrected chi connectivity index (χ1v) is 11.3. The normalized spacial score (nSPS) is 15.0. The number of imide groups is 2. The van der Waals surface area contributed by atoms with Gasteiger partial charge in [-0.2, -0.15) is 0 Å². The fourth-order valence-corrected chi connectivity index (χ4v) is 3.85. The van der Waals surface area contributed by atoms with E-state index in [1.165, 1.54) is 30.3 Å². The Morgan fingerprint density at radius 3 is 2.24 bits per heavy atom. The monoisotopic (exact) mass is 534 g/mol. The molecule has 0 saturated carbocycles. The zero-order chi connectivity index (χ0) is 24.4. The number of halogens is 4. The molecule has 34 heavy (non-hydrogen) atoms. The van der Waals surface area contributed by atoms with Gasteiger partial charge >= 0.3 is 6.03 Å². The lowest BCUT2D eigenvalue weighted by molar-refractivity contribution is -0.122. The maximum atomic E-state index is 13.0. The van der Waals surface area contributed by atoms with Crippen LogP contribution in [0.1, 0.15) is 11.1 Å². The lowest BCUT2D eigenvalue weighted by atomic mass is 10.1. The number of hydrogen-bond acceptors (Lipinski definition) is 4. The van der Waals surface area contributed by atoms with Gasteiger partial charge in [0.1, 0.15) is 17.9 Å². The summed E-state index contributed by atoms with van der Waals surface area (Å²) in [5, 5.41) is 3.73. The molecule has 3 aromatic carbocycles. The lowest BCUT2D eigenvalue weighted by Gasteiger charge is -2.26. The van der Waals surface area contributed by atoms with Gasteiger partial charge in [0.15, 0.2) is 0 Å². The van der Waals surface area contributed by atoms with E-state index in [2.05, 4.69) is 5.32 Å². The minimum Gasteiger partial charge on any atom is -0.487 e. The Morgan fingerprint density at radius 2 is 1.56 bits per heavy atom. The predicted molar refractivity (Wildman–Crippen MR) is 133 cm³/mol. The predicted octanol–water partition coefficient (Wildman–Crippen LogP) is 6.55. The number of nitrogens with zero attached hydrogens (tertiary/aromatic N) is 1. The average molecular weight is 536 g/mol. The van der Waals surface area contributed by atoms with Crippen molar-refractivity contribution >= 4 is 76.0 Å². The van der Waals surface area contributed by atoms with Gasteiger partial charge in [-0.25, -0.2) is 9.69 Å². The van der Waals surface area contributed by atoms with E-state index >= 15 is 0 Å². The molecule has 1 fully saturated rings. The standard InChI is InChI=1S/C24H14Cl4N2O4/c25-15-3-5-16(6-4-15)30-23(32)17(22(31)29-24(30)33)9-13-2-8-21(20(28)10-13)34-12-14-1-7-18(26)19(27)11-14/h1-11H,12H2,(H,29,31,33)/b17-9+. The zero-order valence-corrected chi connectivity index (χ0v) is 20.2. The van der Waals surface area contributed by atoms with Gasteiger partial charge in [-0.05, 0) is 65.7 Å². The smallest absolute Gasteiger partial charge is 0.335 e. The van der Waals surface area contributed by atoms with Crippen LogP contribution in [0.2, 0.25) is 20.1 Å². The summed E-state index contributed by atoms with van der Waals surface area (Å²) in [6, 6.07) is 15.2. The molecule has 4 amide bonds. The van der Waals surface area contributed by atoms with Crippen LogP contribution < -0.4 is 15.0 Å². The SMILES string of the molecule is O=C1NC(=O)N(c2ccc(Cl)cc2)C(=O)/C1=C/c1ccc(OCc2ccc(Cl)c(Cl)c2)c(Cl)c1. The number of urea groups is 1. The van der Waals surface area contributed by atoms with Crippen molar-refractivity contribution in [1.82, 2.24) is 5.32 Å². The first kappa shape index (κ1) is 24.1. The molecule has 1 aliphatic rings. The molecule has 0 atom stereocenters. The van der Waals surface area contributed by atoms with Crippen molar-refractivity contribution in [2.45, 2.75) is 6.61 Å². The van der Waals surface area contributed by atoms with E-state index < -0.39 is 17.8 Å². The van der Waals surface area contributed by atoms with Crippen LogP contribution in [0, 0.1) is 0 Å². The van der Waals surface area contributed by atoms with E-state index in [1.807, 2.05) is 0 Å². The van der Waals surface area contributed by atoms with E-state index in [9.17, 15) is 14.4 Å². The highest BCUT2D eigenvalue weighted by atomic mass is 35.5. The number of benzene rings is 3. The van der Waals surface area contributed by atoms with Crippen LogP contribution in [0.25, 0.3) is 6.08 Å². The third-order valence-corrected chi connectivity index (χ3v) is 6.12. The molecule has 0 bridgehead atoms. The van der Waals surface area contributed by atoms with Crippen molar-refractivity contribution in [3.05, 3.63) is 97.5 Å². The molecule has 1 aliphatic heterocycles. The fourth-order valence-electron chi connectivity index (χ4n) is 3.16. The molecular weight excluding hydrogens is 522 g/mol. The second kappa shape index (κ2) is 10.1. The van der Waals surface area contributed by atoms with E-state index in [1.54, 1.807) is 36.4 Å². The van der Waals surface area contributed by atoms with Gasteiger partial charge in [0.25, 0.3) is 11.8 Å². The maximum Gasteiger partial charge on any atom is 0.335 e. The van der Waals surface area contributed by atoms with Gasteiger partial charge in [0, 0.05) is 5.02 Å². The van der Waals surface area contributed by atoms with E-state index in [0.29, 0.717) is 26.4 Å². The molecule has 1 N–H and O–H groups in total. The first-order chi connectivity index (χ1) is 16.2. The van der Waals surface area contributed by atoms with Gasteiger partial charge in [-0.15, -0.1) is 0 Å². The highest BCUT2D eigenvalue weighted by molar-refractivity contribution is 6.42. The number of nitrogens with one attached hydrogen (secondary N) is 1. The van der Waals surface area contributed by atoms with Crippen molar-refractivity contribution in [3.8, 4) is 5.75 Å². The lowest BCUT2D eigenvalue weighted by Crippen LogP contribution is -2.54. The van der Waals surface area contributed by atoms with Crippen molar-refractivity contribution < 1.29 is 19.1 Å². The third-order valence-electron chi connectivity index (χ3n) is 4.83. The molecule has 1 saturated heterocycles. The molecule has 0 aliphatic carbocycles. The number of carbonyl (C=O) groups excluding carboxylic acids is 3. The highest BCUT2D eigenvalue weighted by Crippen LogP contribution is 2.29. The summed E-state index contributed by atoms with van der Waals surface area (Å²) in [6.45, 7) is 0.204. The van der Waals surface area contributed by atoms with Crippen LogP contribution in [0.3, 0.4) is 0 Å². The van der Waals surface area contributed by atoms with Crippen LogP contribution in [0.5, 0.6) is 5.75 Å². The Bertz CT molecular complexity index is 1340. The Labute approximate surface area is 214 Å². The van der Waals surface area contributed by atoms with Gasteiger partial charge < -0.3 is 4.74 Å². The van der Waals surface area contributed by atoms with Crippen LogP contribution in [-0.4, -0.2) is 17.8 Å². The van der Waals surface area contributed by atoms with Crippen LogP contribution >= 0.6 is 46.4 Å². The van der Waals surface area contributed by atoms with Crippen molar-refractivity contribution in [1.29, 1.82) is 0 Å². The maximum absolute atomic E-state index is 13.0. The topological polar surface area (TPSA) is 75.7 Å². The van der Waals surface area contributed by atoms with Crippen LogP contribution in [0.4, 0.5) is 10.5 Å². The summed E-state index contributed by atoms with van der Waals surface area (Å²) in [7, 11) is 0. The third kappa shape index (κ3) is 5.21. The molecule has 4 rings (SSSR count). The largest absolute Gasteiger partial charge is 0.487 e. The second-order valence-corrected chi connectivity index (χ2v) is 8.82. The number of carbonyl (C=O) groups is 3. The van der Waals surface area contributed by atoms with E-state index in [0.717, 1.165) is 10.5 Å². The minimum atomic E-state index is -0.849. The quantitative estimate of drug-likeness (QED) is 0.297. The van der Waals surface area contributed by atoms with Crippen LogP contribution in [-0.2, 0) is 16.2 Å². The summed E-state index contributed by atoms with van der Waals surface area (Å²) >= 11 is 24.2. The molecule has 0 radical (unpaired) electrons. The van der Waals surface area contributed by atoms with Crippen molar-refractivity contribution in [3.63, 3.8) is 0 Å². The van der Waals surface area contributed by atoms with Gasteiger partial charge in [0.2, 0.25) is 0 Å². The molecule has 172 valence electrons. The number of hydrogen-bond donors (Lipinski definition) is 1. The Hall–Kier alpha value is -3.03. The Morgan fingerprint density at radius 1 is 0.824 bits per heavy atom. The summed E-state index contributed by atoms with van der Waals surface area (Å²) in [4.78, 5) is 38.5. The summed E-state index contributed by atoms with van der Waals surface area (Å²) < 4.78 is 5.74. The molecule has 6 nitrogen and oxygen atoms in total. The van der Waals surface area contributed by atoms with Gasteiger partial charge in [0.05, 0.1) is 20.8 Å². The summed E-state index contributed by atoms with van der Waals surface area (Å²) in [5.41, 5.74) is 1.31. The first-order valence-electron chi connectivity index (χ1n) is 9.76. The second-order valence-electron chi connectivity index (χ2n) is 7.16. The number of amides is 4. The Balaban J connectivity index is 1.55. The molecule has 0 spiro atoms. The molecule has 1 heterocycles. The van der Waals surface area contributed by atoms with Gasteiger partial charge in [-0.3, -0.25) is 14.9 Å². The number of anilines is 1.